The summed E-state index contributed by atoms with van der Waals surface area (Å²) in [5.41, 5.74) is 0.784. The quantitative estimate of drug-likeness (QED) is 0.377. The highest BCUT2D eigenvalue weighted by Crippen LogP contribution is 2.42. The van der Waals surface area contributed by atoms with Gasteiger partial charge in [-0.05, 0) is 47.1 Å². The van der Waals surface area contributed by atoms with Crippen LogP contribution in [-0.2, 0) is 11.2 Å². The molecule has 3 aromatic rings. The van der Waals surface area contributed by atoms with E-state index in [1.165, 1.54) is 10.9 Å². The number of hydrogen-bond acceptors (Lipinski definition) is 6. The van der Waals surface area contributed by atoms with Crippen LogP contribution in [0.15, 0.2) is 43.1 Å². The molecule has 0 aliphatic carbocycles. The van der Waals surface area contributed by atoms with Crippen molar-refractivity contribution in [2.45, 2.75) is 20.3 Å². The van der Waals surface area contributed by atoms with Crippen molar-refractivity contribution in [1.82, 2.24) is 9.66 Å². The molecule has 0 fully saturated rings. The Morgan fingerprint density at radius 1 is 1.28 bits per heavy atom. The molecule has 3 rings (SSSR count). The Hall–Kier alpha value is -2.43. The molecule has 0 amide bonds. The second-order valence-electron chi connectivity index (χ2n) is 6.44. The Morgan fingerprint density at radius 2 is 2.03 bits per heavy atom. The number of rotatable bonds is 8. The number of aryl methyl sites for hydroxylation is 1. The third kappa shape index (κ3) is 5.13. The maximum Gasteiger partial charge on any atom is 0.341 e. The van der Waals surface area contributed by atoms with Crippen molar-refractivity contribution >= 4 is 66.5 Å². The Bertz CT molecular complexity index is 1280. The number of ether oxygens (including phenoxy) is 2. The van der Waals surface area contributed by atoms with Gasteiger partial charge in [0, 0.05) is 20.9 Å². The number of fused-ring (bicyclic) bond motifs is 1. The minimum Gasteiger partial charge on any atom is -0.490 e. The lowest BCUT2D eigenvalue weighted by atomic mass is 10.2. The van der Waals surface area contributed by atoms with Crippen LogP contribution in [0, 0.1) is 0 Å². The Morgan fingerprint density at radius 3 is 2.69 bits per heavy atom. The van der Waals surface area contributed by atoms with E-state index in [1.807, 2.05) is 13.0 Å². The van der Waals surface area contributed by atoms with Gasteiger partial charge in [-0.1, -0.05) is 34.5 Å². The normalized spacial score (nSPS) is 11.3. The van der Waals surface area contributed by atoms with Crippen molar-refractivity contribution < 1.29 is 19.4 Å². The Balaban J connectivity index is 2.11. The predicted octanol–water partition coefficient (Wildman–Crippen LogP) is 4.88. The topological polar surface area (TPSA) is 103 Å². The summed E-state index contributed by atoms with van der Waals surface area (Å²) >= 11 is 13.2. The van der Waals surface area contributed by atoms with Crippen molar-refractivity contribution in [3.05, 3.63) is 60.0 Å². The first-order valence-electron chi connectivity index (χ1n) is 9.51. The van der Waals surface area contributed by atoms with Gasteiger partial charge in [-0.25, -0.2) is 9.78 Å². The molecule has 0 unspecified atom stereocenters. The summed E-state index contributed by atoms with van der Waals surface area (Å²) in [6.07, 6.45) is 1.94. The van der Waals surface area contributed by atoms with E-state index >= 15 is 0 Å². The number of carboxylic acid groups (broad SMARTS) is 1. The van der Waals surface area contributed by atoms with E-state index in [1.54, 1.807) is 25.1 Å². The average molecular weight is 588 g/mol. The highest BCUT2D eigenvalue weighted by molar-refractivity contribution is 9.10. The number of halogens is 3. The maximum atomic E-state index is 13.1. The maximum absolute atomic E-state index is 13.1. The Kier molecular flexibility index (Phi) is 7.91. The zero-order chi connectivity index (χ0) is 23.4. The largest absolute Gasteiger partial charge is 0.490 e. The molecule has 1 N–H and O–H groups in total. The zero-order valence-corrected chi connectivity index (χ0v) is 21.0. The molecule has 2 aromatic carbocycles. The smallest absolute Gasteiger partial charge is 0.341 e. The van der Waals surface area contributed by atoms with Crippen LogP contribution >= 0.6 is 43.5 Å². The van der Waals surface area contributed by atoms with E-state index in [2.05, 4.69) is 41.9 Å². The van der Waals surface area contributed by atoms with Gasteiger partial charge in [0.2, 0.25) is 0 Å². The van der Waals surface area contributed by atoms with Gasteiger partial charge in [0.15, 0.2) is 18.1 Å². The van der Waals surface area contributed by atoms with E-state index in [0.29, 0.717) is 39.8 Å². The number of benzene rings is 2. The van der Waals surface area contributed by atoms with Crippen molar-refractivity contribution in [3.8, 4) is 11.5 Å². The van der Waals surface area contributed by atoms with Crippen LogP contribution in [0.3, 0.4) is 0 Å². The highest BCUT2D eigenvalue weighted by Gasteiger charge is 2.18. The molecule has 1 aromatic heterocycles. The molecule has 8 nitrogen and oxygen atoms in total. The lowest BCUT2D eigenvalue weighted by Gasteiger charge is -2.15. The number of nitrogens with zero attached hydrogens (tertiary/aromatic N) is 3. The first kappa shape index (κ1) is 24.2. The Labute approximate surface area is 205 Å². The minimum absolute atomic E-state index is 0.101. The summed E-state index contributed by atoms with van der Waals surface area (Å²) in [6, 6.07) is 6.89. The van der Waals surface area contributed by atoms with Crippen molar-refractivity contribution in [3.63, 3.8) is 0 Å². The molecule has 0 atom stereocenters. The fourth-order valence-corrected chi connectivity index (χ4v) is 3.91. The average Bonchev–Trinajstić information content (AvgIpc) is 2.76. The predicted molar refractivity (Wildman–Crippen MR) is 130 cm³/mol. The van der Waals surface area contributed by atoms with Crippen molar-refractivity contribution in [2.75, 3.05) is 13.2 Å². The van der Waals surface area contributed by atoms with Gasteiger partial charge < -0.3 is 14.6 Å². The molecule has 0 bridgehead atoms. The van der Waals surface area contributed by atoms with Crippen LogP contribution in [0.4, 0.5) is 0 Å². The molecule has 32 heavy (non-hydrogen) atoms. The van der Waals surface area contributed by atoms with Crippen LogP contribution < -0.4 is 15.0 Å². The van der Waals surface area contributed by atoms with Gasteiger partial charge in [-0.2, -0.15) is 9.78 Å². The first-order chi connectivity index (χ1) is 15.3. The molecule has 0 saturated carbocycles. The van der Waals surface area contributed by atoms with Crippen LogP contribution in [0.5, 0.6) is 11.5 Å². The zero-order valence-electron chi connectivity index (χ0n) is 17.1. The van der Waals surface area contributed by atoms with E-state index in [4.69, 9.17) is 26.2 Å². The molecule has 0 saturated heterocycles. The van der Waals surface area contributed by atoms with Gasteiger partial charge in [0.25, 0.3) is 5.56 Å². The number of carboxylic acids is 1. The number of carbonyl (C=O) groups is 1. The molecule has 168 valence electrons. The van der Waals surface area contributed by atoms with Crippen molar-refractivity contribution in [1.29, 1.82) is 0 Å². The highest BCUT2D eigenvalue weighted by atomic mass is 79.9. The van der Waals surface area contributed by atoms with Crippen molar-refractivity contribution in [2.24, 2.45) is 5.10 Å². The third-order valence-corrected chi connectivity index (χ3v) is 6.24. The summed E-state index contributed by atoms with van der Waals surface area (Å²) in [5, 5.41) is 13.8. The molecular weight excluding hydrogens is 570 g/mol. The summed E-state index contributed by atoms with van der Waals surface area (Å²) in [5.74, 6) is -0.294. The molecule has 0 aliphatic rings. The summed E-state index contributed by atoms with van der Waals surface area (Å²) < 4.78 is 13.3. The monoisotopic (exact) mass is 585 g/mol. The summed E-state index contributed by atoms with van der Waals surface area (Å²) in [7, 11) is 0. The van der Waals surface area contributed by atoms with Crippen LogP contribution in [0.2, 0.25) is 5.02 Å². The molecule has 0 radical (unpaired) electrons. The standard InChI is InChI=1S/C21H18Br2ClN3O5/c1-3-16-26-14-6-5-12(22)8-13(14)21(30)27(16)25-9-11-7-15(31-4-2)20(19(24)18(11)23)32-10-17(28)29/h5-9H,3-4,10H2,1-2H3,(H,28,29). The van der Waals surface area contributed by atoms with E-state index in [9.17, 15) is 9.59 Å². The summed E-state index contributed by atoms with van der Waals surface area (Å²) in [4.78, 5) is 28.5. The van der Waals surface area contributed by atoms with E-state index in [0.717, 1.165) is 4.47 Å². The van der Waals surface area contributed by atoms with Gasteiger partial charge >= 0.3 is 5.97 Å². The number of aromatic nitrogens is 2. The number of aliphatic carboxylic acids is 1. The second-order valence-corrected chi connectivity index (χ2v) is 8.53. The third-order valence-electron chi connectivity index (χ3n) is 4.30. The van der Waals surface area contributed by atoms with Crippen LogP contribution in [-0.4, -0.2) is 40.2 Å². The molecule has 11 heteroatoms. The van der Waals surface area contributed by atoms with Gasteiger partial charge in [0.1, 0.15) is 10.8 Å². The lowest BCUT2D eigenvalue weighted by molar-refractivity contribution is -0.139. The first-order valence-corrected chi connectivity index (χ1v) is 11.5. The van der Waals surface area contributed by atoms with Gasteiger partial charge in [0.05, 0.1) is 23.7 Å². The van der Waals surface area contributed by atoms with E-state index in [-0.39, 0.29) is 22.1 Å². The lowest BCUT2D eigenvalue weighted by Crippen LogP contribution is -2.22. The molecule has 0 spiro atoms. The molecular formula is C21H18Br2ClN3O5. The molecule has 0 aliphatic heterocycles. The summed E-state index contributed by atoms with van der Waals surface area (Å²) in [6.45, 7) is 3.39. The second kappa shape index (κ2) is 10.5. The van der Waals surface area contributed by atoms with E-state index < -0.39 is 12.6 Å². The number of hydrogen-bond donors (Lipinski definition) is 1. The van der Waals surface area contributed by atoms with Gasteiger partial charge in [-0.15, -0.1) is 0 Å². The fraction of sp³-hybridized carbons (Fsp3) is 0.238. The fourth-order valence-electron chi connectivity index (χ4n) is 2.89. The van der Waals surface area contributed by atoms with Crippen LogP contribution in [0.25, 0.3) is 10.9 Å². The minimum atomic E-state index is -1.15. The van der Waals surface area contributed by atoms with Crippen LogP contribution in [0.1, 0.15) is 25.2 Å². The molecule has 1 heterocycles. The van der Waals surface area contributed by atoms with Gasteiger partial charge in [-0.3, -0.25) is 4.79 Å². The SMILES string of the molecule is CCOc1cc(C=Nn2c(CC)nc3ccc(Br)cc3c2=O)c(Br)c(Cl)c1OCC(=O)O.